The summed E-state index contributed by atoms with van der Waals surface area (Å²) in [6, 6.07) is 0. The zero-order valence-corrected chi connectivity index (χ0v) is 9.96. The molecule has 88 valence electrons. The molecule has 1 aliphatic rings. The lowest BCUT2D eigenvalue weighted by Crippen LogP contribution is -2.56. The summed E-state index contributed by atoms with van der Waals surface area (Å²) in [5.41, 5.74) is -1.28. The summed E-state index contributed by atoms with van der Waals surface area (Å²) >= 11 is 0. The van der Waals surface area contributed by atoms with Crippen LogP contribution in [0.5, 0.6) is 0 Å². The van der Waals surface area contributed by atoms with Crippen molar-refractivity contribution in [1.82, 2.24) is 5.32 Å². The Morgan fingerprint density at radius 1 is 1.53 bits per heavy atom. The number of piperidine rings is 1. The van der Waals surface area contributed by atoms with E-state index >= 15 is 0 Å². The van der Waals surface area contributed by atoms with Crippen molar-refractivity contribution in [2.75, 3.05) is 20.2 Å². The van der Waals surface area contributed by atoms with Gasteiger partial charge in [0.15, 0.2) is 5.60 Å². The first-order valence-electron chi connectivity index (χ1n) is 5.31. The maximum atomic E-state index is 11.4. The molecule has 2 N–H and O–H groups in total. The second-order valence-corrected chi connectivity index (χ2v) is 5.42. The molecule has 0 amide bonds. The van der Waals surface area contributed by atoms with Crippen molar-refractivity contribution in [3.05, 3.63) is 0 Å². The minimum absolute atomic E-state index is 0.0788. The van der Waals surface area contributed by atoms with E-state index in [4.69, 9.17) is 0 Å². The Balaban J connectivity index is 2.75. The minimum Gasteiger partial charge on any atom is -0.467 e. The molecule has 0 unspecified atom stereocenters. The van der Waals surface area contributed by atoms with Gasteiger partial charge >= 0.3 is 5.97 Å². The summed E-state index contributed by atoms with van der Waals surface area (Å²) in [7, 11) is 1.31. The lowest BCUT2D eigenvalue weighted by Gasteiger charge is -2.41. The second kappa shape index (κ2) is 4.10. The van der Waals surface area contributed by atoms with Crippen LogP contribution in [0.25, 0.3) is 0 Å². The number of esters is 1. The molecule has 0 aromatic rings. The molecule has 15 heavy (non-hydrogen) atoms. The molecule has 1 fully saturated rings. The van der Waals surface area contributed by atoms with Gasteiger partial charge in [0.25, 0.3) is 0 Å². The van der Waals surface area contributed by atoms with E-state index in [0.29, 0.717) is 6.42 Å². The molecule has 0 aliphatic carbocycles. The number of hydrogen-bond acceptors (Lipinski definition) is 4. The molecular weight excluding hydrogens is 194 g/mol. The van der Waals surface area contributed by atoms with Crippen molar-refractivity contribution in [3.8, 4) is 0 Å². The minimum atomic E-state index is -1.36. The molecule has 0 saturated carbocycles. The number of rotatable bonds is 1. The molecule has 0 spiro atoms. The Morgan fingerprint density at radius 3 is 2.60 bits per heavy atom. The van der Waals surface area contributed by atoms with E-state index in [2.05, 4.69) is 30.8 Å². The average Bonchev–Trinajstić information content (AvgIpc) is 2.15. The zero-order valence-electron chi connectivity index (χ0n) is 9.96. The fourth-order valence-corrected chi connectivity index (χ4v) is 1.96. The van der Waals surface area contributed by atoms with Crippen LogP contribution in [0.2, 0.25) is 0 Å². The van der Waals surface area contributed by atoms with Gasteiger partial charge in [0.2, 0.25) is 0 Å². The standard InChI is InChI=1S/C11H21NO3/c1-10(2,3)8-5-11(14,7-12-6-8)9(13)15-4/h8,12,14H,5-7H2,1-4H3/t8-,11+/m1/s1. The zero-order chi connectivity index (χ0) is 11.7. The quantitative estimate of drug-likeness (QED) is 0.627. The van der Waals surface area contributed by atoms with Crippen LogP contribution in [0.15, 0.2) is 0 Å². The largest absolute Gasteiger partial charge is 0.467 e. The smallest absolute Gasteiger partial charge is 0.339 e. The Morgan fingerprint density at radius 2 is 2.13 bits per heavy atom. The summed E-state index contributed by atoms with van der Waals surface area (Å²) in [5.74, 6) is -0.265. The van der Waals surface area contributed by atoms with Gasteiger partial charge in [-0.05, 0) is 24.3 Å². The van der Waals surface area contributed by atoms with Gasteiger partial charge in [-0.3, -0.25) is 0 Å². The predicted molar refractivity (Wildman–Crippen MR) is 57.4 cm³/mol. The van der Waals surface area contributed by atoms with E-state index in [1.165, 1.54) is 7.11 Å². The summed E-state index contributed by atoms with van der Waals surface area (Å²) in [5, 5.41) is 13.2. The number of carbonyl (C=O) groups excluding carboxylic acids is 1. The highest BCUT2D eigenvalue weighted by molar-refractivity contribution is 5.79. The molecule has 0 aromatic heterocycles. The first-order valence-corrected chi connectivity index (χ1v) is 5.31. The molecular formula is C11H21NO3. The van der Waals surface area contributed by atoms with Crippen LogP contribution in [0, 0.1) is 11.3 Å². The number of β-amino-alcohol motifs (C(OH)–C–C–N with tert-alkyl or cyclic N) is 1. The molecule has 1 rings (SSSR count). The Kier molecular flexibility index (Phi) is 3.41. The van der Waals surface area contributed by atoms with Crippen LogP contribution in [-0.4, -0.2) is 36.9 Å². The van der Waals surface area contributed by atoms with Gasteiger partial charge in [0.1, 0.15) is 0 Å². The Labute approximate surface area is 91.0 Å². The van der Waals surface area contributed by atoms with Gasteiger partial charge in [-0.25, -0.2) is 4.79 Å². The lowest BCUT2D eigenvalue weighted by atomic mass is 9.72. The van der Waals surface area contributed by atoms with Gasteiger partial charge in [0.05, 0.1) is 7.11 Å². The summed E-state index contributed by atoms with van der Waals surface area (Å²) in [6.45, 7) is 7.46. The molecule has 2 atom stereocenters. The maximum absolute atomic E-state index is 11.4. The second-order valence-electron chi connectivity index (χ2n) is 5.42. The third kappa shape index (κ3) is 2.69. The predicted octanol–water partition coefficient (Wildman–Crippen LogP) is 0.546. The van der Waals surface area contributed by atoms with Gasteiger partial charge < -0.3 is 15.2 Å². The van der Waals surface area contributed by atoms with Crippen LogP contribution < -0.4 is 5.32 Å². The molecule has 0 aromatic carbocycles. The third-order valence-corrected chi connectivity index (χ3v) is 3.18. The normalized spacial score (nSPS) is 32.5. The topological polar surface area (TPSA) is 58.6 Å². The fourth-order valence-electron chi connectivity index (χ4n) is 1.96. The molecule has 1 heterocycles. The van der Waals surface area contributed by atoms with Gasteiger partial charge in [-0.1, -0.05) is 20.8 Å². The van der Waals surface area contributed by atoms with Gasteiger partial charge in [0, 0.05) is 6.54 Å². The van der Waals surface area contributed by atoms with Crippen LogP contribution in [0.4, 0.5) is 0 Å². The number of hydrogen-bond donors (Lipinski definition) is 2. The molecule has 4 nitrogen and oxygen atoms in total. The highest BCUT2D eigenvalue weighted by atomic mass is 16.5. The van der Waals surface area contributed by atoms with E-state index in [1.54, 1.807) is 0 Å². The fraction of sp³-hybridized carbons (Fsp3) is 0.909. The third-order valence-electron chi connectivity index (χ3n) is 3.18. The molecule has 1 saturated heterocycles. The average molecular weight is 215 g/mol. The summed E-state index contributed by atoms with van der Waals surface area (Å²) in [6.07, 6.45) is 0.468. The van der Waals surface area contributed by atoms with Gasteiger partial charge in [-0.15, -0.1) is 0 Å². The number of carbonyl (C=O) groups is 1. The summed E-state index contributed by atoms with van der Waals surface area (Å²) in [4.78, 5) is 11.4. The van der Waals surface area contributed by atoms with Crippen LogP contribution in [0.3, 0.4) is 0 Å². The summed E-state index contributed by atoms with van der Waals surface area (Å²) < 4.78 is 4.62. The molecule has 4 heteroatoms. The van der Waals surface area contributed by atoms with E-state index < -0.39 is 11.6 Å². The van der Waals surface area contributed by atoms with Gasteiger partial charge in [-0.2, -0.15) is 0 Å². The SMILES string of the molecule is COC(=O)[C@@]1(O)CNC[C@H](C(C)(C)C)C1. The highest BCUT2D eigenvalue weighted by Gasteiger charge is 2.44. The van der Waals surface area contributed by atoms with Crippen molar-refractivity contribution in [3.63, 3.8) is 0 Å². The molecule has 1 aliphatic heterocycles. The number of methoxy groups -OCH3 is 1. The molecule has 0 radical (unpaired) electrons. The van der Waals surface area contributed by atoms with Crippen molar-refractivity contribution < 1.29 is 14.6 Å². The van der Waals surface area contributed by atoms with E-state index in [9.17, 15) is 9.90 Å². The van der Waals surface area contributed by atoms with Crippen molar-refractivity contribution in [2.24, 2.45) is 11.3 Å². The highest BCUT2D eigenvalue weighted by Crippen LogP contribution is 2.34. The Hall–Kier alpha value is -0.610. The van der Waals surface area contributed by atoms with Crippen LogP contribution in [-0.2, 0) is 9.53 Å². The van der Waals surface area contributed by atoms with E-state index in [0.717, 1.165) is 6.54 Å². The number of ether oxygens (including phenoxy) is 1. The van der Waals surface area contributed by atoms with Crippen molar-refractivity contribution in [2.45, 2.75) is 32.8 Å². The van der Waals surface area contributed by atoms with Crippen molar-refractivity contribution in [1.29, 1.82) is 0 Å². The van der Waals surface area contributed by atoms with Crippen molar-refractivity contribution >= 4 is 5.97 Å². The monoisotopic (exact) mass is 215 g/mol. The van der Waals surface area contributed by atoms with Crippen LogP contribution >= 0.6 is 0 Å². The van der Waals surface area contributed by atoms with E-state index in [1.807, 2.05) is 0 Å². The van der Waals surface area contributed by atoms with E-state index in [-0.39, 0.29) is 17.9 Å². The lowest BCUT2D eigenvalue weighted by molar-refractivity contribution is -0.167. The first kappa shape index (κ1) is 12.5. The number of aliphatic hydroxyl groups is 1. The van der Waals surface area contributed by atoms with Crippen LogP contribution in [0.1, 0.15) is 27.2 Å². The Bertz CT molecular complexity index is 247. The maximum Gasteiger partial charge on any atom is 0.339 e. The molecule has 0 bridgehead atoms. The first-order chi connectivity index (χ1) is 6.79. The number of nitrogens with one attached hydrogen (secondary N) is 1.